The number of benzene rings is 2. The molecule has 0 atom stereocenters. The van der Waals surface area contributed by atoms with E-state index in [9.17, 15) is 19.3 Å². The van der Waals surface area contributed by atoms with Gasteiger partial charge in [0.25, 0.3) is 11.6 Å². The van der Waals surface area contributed by atoms with E-state index in [1.54, 1.807) is 25.1 Å². The van der Waals surface area contributed by atoms with E-state index in [0.717, 1.165) is 11.8 Å². The number of amides is 1. The van der Waals surface area contributed by atoms with Crippen molar-refractivity contribution in [3.8, 4) is 0 Å². The summed E-state index contributed by atoms with van der Waals surface area (Å²) in [5.41, 5.74) is 1.72. The van der Waals surface area contributed by atoms with Gasteiger partial charge in [0.2, 0.25) is 0 Å². The second-order valence-electron chi connectivity index (χ2n) is 5.30. The summed E-state index contributed by atoms with van der Waals surface area (Å²) < 4.78 is 13.3. The highest BCUT2D eigenvalue weighted by Gasteiger charge is 2.34. The van der Waals surface area contributed by atoms with Gasteiger partial charge in [0.05, 0.1) is 15.5 Å². The standard InChI is InChI=1S/C17H11FN2O3S2/c1-10-8-13(20(22)23)6-7-14(10)19-16(21)15(25-17(19)24)9-11-2-4-12(18)5-3-11/h2-9H,1H3/b15-9-. The van der Waals surface area contributed by atoms with Gasteiger partial charge in [-0.1, -0.05) is 36.1 Å². The Labute approximate surface area is 152 Å². The maximum Gasteiger partial charge on any atom is 0.270 e. The summed E-state index contributed by atoms with van der Waals surface area (Å²) in [5, 5.41) is 10.9. The number of carbonyl (C=O) groups is 1. The first kappa shape index (κ1) is 17.2. The van der Waals surface area contributed by atoms with Crippen molar-refractivity contribution in [3.63, 3.8) is 0 Å². The number of anilines is 1. The zero-order valence-electron chi connectivity index (χ0n) is 12.9. The summed E-state index contributed by atoms with van der Waals surface area (Å²) in [6, 6.07) is 10.0. The molecule has 0 unspecified atom stereocenters. The summed E-state index contributed by atoms with van der Waals surface area (Å²) in [7, 11) is 0. The molecule has 3 rings (SSSR count). The third-order valence-corrected chi connectivity index (χ3v) is 4.90. The molecule has 2 aromatic carbocycles. The molecule has 1 aliphatic rings. The van der Waals surface area contributed by atoms with Crippen LogP contribution in [0.15, 0.2) is 47.4 Å². The van der Waals surface area contributed by atoms with E-state index in [0.29, 0.717) is 26.0 Å². The quantitative estimate of drug-likeness (QED) is 0.344. The number of non-ortho nitro benzene ring substituents is 1. The van der Waals surface area contributed by atoms with Gasteiger partial charge in [-0.25, -0.2) is 4.39 Å². The molecule has 1 amide bonds. The maximum atomic E-state index is 13.0. The lowest BCUT2D eigenvalue weighted by molar-refractivity contribution is -0.384. The second-order valence-corrected chi connectivity index (χ2v) is 6.97. The van der Waals surface area contributed by atoms with Crippen molar-refractivity contribution in [3.05, 3.63) is 74.4 Å². The Kier molecular flexibility index (Phi) is 4.65. The van der Waals surface area contributed by atoms with Gasteiger partial charge in [-0.3, -0.25) is 19.8 Å². The van der Waals surface area contributed by atoms with Gasteiger partial charge in [0.15, 0.2) is 4.32 Å². The summed E-state index contributed by atoms with van der Waals surface area (Å²) in [4.78, 5) is 24.8. The Bertz CT molecular complexity index is 926. The minimum atomic E-state index is -0.491. The van der Waals surface area contributed by atoms with Crippen LogP contribution in [-0.4, -0.2) is 15.2 Å². The third kappa shape index (κ3) is 3.45. The number of nitrogens with zero attached hydrogens (tertiary/aromatic N) is 2. The number of hydrogen-bond acceptors (Lipinski definition) is 5. The van der Waals surface area contributed by atoms with Crippen molar-refractivity contribution in [1.29, 1.82) is 0 Å². The van der Waals surface area contributed by atoms with E-state index in [4.69, 9.17) is 12.2 Å². The number of nitro benzene ring substituents is 1. The van der Waals surface area contributed by atoms with Gasteiger partial charge in [0.1, 0.15) is 5.82 Å². The van der Waals surface area contributed by atoms with Crippen molar-refractivity contribution < 1.29 is 14.1 Å². The van der Waals surface area contributed by atoms with Gasteiger partial charge >= 0.3 is 0 Å². The average molecular weight is 374 g/mol. The lowest BCUT2D eigenvalue weighted by atomic mass is 10.1. The molecule has 5 nitrogen and oxygen atoms in total. The molecule has 0 spiro atoms. The predicted molar refractivity (Wildman–Crippen MR) is 99.9 cm³/mol. The Morgan fingerprint density at radius 2 is 1.92 bits per heavy atom. The molecule has 0 N–H and O–H groups in total. The molecular weight excluding hydrogens is 363 g/mol. The van der Waals surface area contributed by atoms with Crippen molar-refractivity contribution >= 4 is 51.7 Å². The van der Waals surface area contributed by atoms with Gasteiger partial charge in [-0.05, 0) is 42.3 Å². The zero-order valence-corrected chi connectivity index (χ0v) is 14.6. The number of carbonyl (C=O) groups excluding carboxylic acids is 1. The van der Waals surface area contributed by atoms with Crippen molar-refractivity contribution in [2.45, 2.75) is 6.92 Å². The molecule has 25 heavy (non-hydrogen) atoms. The van der Waals surface area contributed by atoms with Crippen molar-refractivity contribution in [1.82, 2.24) is 0 Å². The molecule has 1 heterocycles. The second kappa shape index (κ2) is 6.73. The first-order chi connectivity index (χ1) is 11.9. The number of nitro groups is 1. The molecule has 1 aliphatic heterocycles. The molecule has 0 bridgehead atoms. The predicted octanol–water partition coefficient (Wildman–Crippen LogP) is 4.45. The van der Waals surface area contributed by atoms with E-state index < -0.39 is 4.92 Å². The van der Waals surface area contributed by atoms with Crippen LogP contribution < -0.4 is 4.90 Å². The van der Waals surface area contributed by atoms with Gasteiger partial charge in [-0.15, -0.1) is 0 Å². The van der Waals surface area contributed by atoms with Crippen LogP contribution in [0.2, 0.25) is 0 Å². The highest BCUT2D eigenvalue weighted by atomic mass is 32.2. The number of rotatable bonds is 3. The van der Waals surface area contributed by atoms with Gasteiger partial charge in [0, 0.05) is 12.1 Å². The molecule has 0 radical (unpaired) electrons. The van der Waals surface area contributed by atoms with Gasteiger partial charge in [-0.2, -0.15) is 0 Å². The summed E-state index contributed by atoms with van der Waals surface area (Å²) in [5.74, 6) is -0.664. The van der Waals surface area contributed by atoms with Crippen LogP contribution in [0.4, 0.5) is 15.8 Å². The first-order valence-corrected chi connectivity index (χ1v) is 8.38. The Morgan fingerprint density at radius 1 is 1.24 bits per heavy atom. The minimum absolute atomic E-state index is 0.0476. The average Bonchev–Trinajstić information content (AvgIpc) is 2.84. The zero-order chi connectivity index (χ0) is 18.1. The molecule has 1 fully saturated rings. The number of aryl methyl sites for hydroxylation is 1. The number of halogens is 1. The topological polar surface area (TPSA) is 63.5 Å². The van der Waals surface area contributed by atoms with Crippen LogP contribution in [0.5, 0.6) is 0 Å². The minimum Gasteiger partial charge on any atom is -0.268 e. The number of hydrogen-bond donors (Lipinski definition) is 0. The lowest BCUT2D eigenvalue weighted by Gasteiger charge is -2.16. The fraction of sp³-hybridized carbons (Fsp3) is 0.0588. The fourth-order valence-electron chi connectivity index (χ4n) is 2.39. The molecule has 8 heteroatoms. The number of thiocarbonyl (C=S) groups is 1. The largest absolute Gasteiger partial charge is 0.270 e. The highest BCUT2D eigenvalue weighted by Crippen LogP contribution is 2.38. The van der Waals surface area contributed by atoms with Crippen LogP contribution >= 0.6 is 24.0 Å². The smallest absolute Gasteiger partial charge is 0.268 e. The third-order valence-electron chi connectivity index (χ3n) is 3.59. The molecule has 0 saturated carbocycles. The Balaban J connectivity index is 1.94. The summed E-state index contributed by atoms with van der Waals surface area (Å²) in [6.07, 6.45) is 1.64. The van der Waals surface area contributed by atoms with Crippen molar-refractivity contribution in [2.24, 2.45) is 0 Å². The normalized spacial score (nSPS) is 15.9. The van der Waals surface area contributed by atoms with E-state index in [1.807, 2.05) is 0 Å². The van der Waals surface area contributed by atoms with Gasteiger partial charge < -0.3 is 0 Å². The maximum absolute atomic E-state index is 13.0. The molecule has 2 aromatic rings. The molecular formula is C17H11FN2O3S2. The van der Waals surface area contributed by atoms with E-state index >= 15 is 0 Å². The van der Waals surface area contributed by atoms with E-state index in [2.05, 4.69) is 0 Å². The molecule has 0 aliphatic carbocycles. The number of thioether (sulfide) groups is 1. The van der Waals surface area contributed by atoms with E-state index in [-0.39, 0.29) is 17.4 Å². The van der Waals surface area contributed by atoms with Crippen LogP contribution in [0, 0.1) is 22.9 Å². The Morgan fingerprint density at radius 3 is 2.52 bits per heavy atom. The summed E-state index contributed by atoms with van der Waals surface area (Å²) >= 11 is 6.43. The van der Waals surface area contributed by atoms with Crippen LogP contribution in [0.3, 0.4) is 0 Å². The molecule has 0 aromatic heterocycles. The lowest BCUT2D eigenvalue weighted by Crippen LogP contribution is -2.28. The SMILES string of the molecule is Cc1cc([N+](=O)[O-])ccc1N1C(=O)/C(=C/c2ccc(F)cc2)SC1=S. The van der Waals surface area contributed by atoms with E-state index in [1.165, 1.54) is 35.2 Å². The highest BCUT2D eigenvalue weighted by molar-refractivity contribution is 8.27. The monoisotopic (exact) mass is 374 g/mol. The van der Waals surface area contributed by atoms with Crippen LogP contribution in [0.25, 0.3) is 6.08 Å². The Hall–Kier alpha value is -2.58. The van der Waals surface area contributed by atoms with Crippen molar-refractivity contribution in [2.75, 3.05) is 4.90 Å². The molecule has 126 valence electrons. The molecule has 1 saturated heterocycles. The van der Waals surface area contributed by atoms with Crippen LogP contribution in [-0.2, 0) is 4.79 Å². The van der Waals surface area contributed by atoms with Crippen LogP contribution in [0.1, 0.15) is 11.1 Å². The fourth-order valence-corrected chi connectivity index (χ4v) is 3.67. The first-order valence-electron chi connectivity index (χ1n) is 7.15. The summed E-state index contributed by atoms with van der Waals surface area (Å²) in [6.45, 7) is 1.69.